The van der Waals surface area contributed by atoms with Crippen LogP contribution in [0.1, 0.15) is 56.8 Å². The lowest BCUT2D eigenvalue weighted by Gasteiger charge is -2.32. The number of hydrogen-bond acceptors (Lipinski definition) is 3. The Morgan fingerprint density at radius 3 is 2.45 bits per heavy atom. The van der Waals surface area contributed by atoms with Crippen LogP contribution < -0.4 is 16.0 Å². The molecule has 4 aromatic rings. The van der Waals surface area contributed by atoms with Gasteiger partial charge in [-0.15, -0.1) is 0 Å². The SMILES string of the molecule is CC(NC(=O)c1ccc2c(c1)CCCN2Cc1ccc(-c2ccccc2C(N)=O)cc1)c1ccc(F)cc1. The Balaban J connectivity index is 1.29. The highest BCUT2D eigenvalue weighted by Crippen LogP contribution is 2.30. The number of amides is 2. The summed E-state index contributed by atoms with van der Waals surface area (Å²) in [6.45, 7) is 3.58. The molecule has 192 valence electrons. The quantitative estimate of drug-likeness (QED) is 0.320. The van der Waals surface area contributed by atoms with Gasteiger partial charge >= 0.3 is 0 Å². The summed E-state index contributed by atoms with van der Waals surface area (Å²) >= 11 is 0. The van der Waals surface area contributed by atoms with Gasteiger partial charge in [0.05, 0.1) is 6.04 Å². The van der Waals surface area contributed by atoms with Crippen LogP contribution in [0.15, 0.2) is 91.0 Å². The minimum atomic E-state index is -0.437. The maximum Gasteiger partial charge on any atom is 0.251 e. The van der Waals surface area contributed by atoms with Gasteiger partial charge in [-0.3, -0.25) is 9.59 Å². The van der Waals surface area contributed by atoms with Crippen LogP contribution in [0.4, 0.5) is 10.1 Å². The molecule has 6 heteroatoms. The van der Waals surface area contributed by atoms with Crippen LogP contribution in [0.25, 0.3) is 11.1 Å². The van der Waals surface area contributed by atoms with E-state index >= 15 is 0 Å². The number of nitrogens with zero attached hydrogens (tertiary/aromatic N) is 1. The minimum Gasteiger partial charge on any atom is -0.367 e. The second-order valence-electron chi connectivity index (χ2n) is 9.72. The number of hydrogen-bond donors (Lipinski definition) is 2. The first-order chi connectivity index (χ1) is 18.4. The van der Waals surface area contributed by atoms with Gasteiger partial charge in [0.25, 0.3) is 5.91 Å². The van der Waals surface area contributed by atoms with Crippen LogP contribution in [0.2, 0.25) is 0 Å². The summed E-state index contributed by atoms with van der Waals surface area (Å²) in [5, 5.41) is 3.02. The topological polar surface area (TPSA) is 75.4 Å². The van der Waals surface area contributed by atoms with Crippen molar-refractivity contribution in [1.82, 2.24) is 5.32 Å². The Bertz CT molecular complexity index is 1470. The lowest BCUT2D eigenvalue weighted by atomic mass is 9.96. The van der Waals surface area contributed by atoms with Crippen LogP contribution in [0, 0.1) is 5.82 Å². The third-order valence-corrected chi connectivity index (χ3v) is 7.11. The van der Waals surface area contributed by atoms with E-state index in [4.69, 9.17) is 5.73 Å². The molecule has 0 radical (unpaired) electrons. The number of aryl methyl sites for hydroxylation is 1. The largest absolute Gasteiger partial charge is 0.367 e. The summed E-state index contributed by atoms with van der Waals surface area (Å²) < 4.78 is 13.2. The minimum absolute atomic E-state index is 0.145. The van der Waals surface area contributed by atoms with Crippen molar-refractivity contribution in [1.29, 1.82) is 0 Å². The van der Waals surface area contributed by atoms with Crippen molar-refractivity contribution in [2.45, 2.75) is 32.4 Å². The van der Waals surface area contributed by atoms with Gasteiger partial charge in [0, 0.05) is 29.9 Å². The van der Waals surface area contributed by atoms with Gasteiger partial charge in [-0.1, -0.05) is 54.6 Å². The fraction of sp³-hybridized carbons (Fsp3) is 0.188. The van der Waals surface area contributed by atoms with Crippen molar-refractivity contribution in [3.8, 4) is 11.1 Å². The molecule has 1 aliphatic heterocycles. The molecule has 0 fully saturated rings. The molecular weight excluding hydrogens is 477 g/mol. The molecule has 1 heterocycles. The van der Waals surface area contributed by atoms with Crippen molar-refractivity contribution in [2.75, 3.05) is 11.4 Å². The molecule has 0 saturated carbocycles. The summed E-state index contributed by atoms with van der Waals surface area (Å²) in [7, 11) is 0. The van der Waals surface area contributed by atoms with Gasteiger partial charge in [0.1, 0.15) is 5.82 Å². The highest BCUT2D eigenvalue weighted by atomic mass is 19.1. The molecule has 5 rings (SSSR count). The van der Waals surface area contributed by atoms with Crippen molar-refractivity contribution in [3.05, 3.63) is 125 Å². The number of nitrogens with two attached hydrogens (primary N) is 1. The fourth-order valence-electron chi connectivity index (χ4n) is 5.06. The molecular formula is C32H30FN3O2. The number of rotatable bonds is 7. The normalized spacial score (nSPS) is 13.5. The highest BCUT2D eigenvalue weighted by molar-refractivity contribution is 5.99. The molecule has 1 unspecified atom stereocenters. The zero-order valence-electron chi connectivity index (χ0n) is 21.3. The van der Waals surface area contributed by atoms with Gasteiger partial charge < -0.3 is 16.0 Å². The molecule has 2 amide bonds. The van der Waals surface area contributed by atoms with Crippen LogP contribution >= 0.6 is 0 Å². The predicted molar refractivity (Wildman–Crippen MR) is 148 cm³/mol. The molecule has 0 spiro atoms. The standard InChI is InChI=1S/C32H30FN3O2/c1-21(23-12-15-27(33)16-13-23)35-32(38)26-14-17-30-25(19-26)5-4-18-36(30)20-22-8-10-24(11-9-22)28-6-2-3-7-29(28)31(34)37/h2-3,6-17,19,21H,4-5,18,20H2,1H3,(H2,34,37)(H,35,38). The molecule has 3 N–H and O–H groups in total. The average molecular weight is 508 g/mol. The molecule has 5 nitrogen and oxygen atoms in total. The summed E-state index contributed by atoms with van der Waals surface area (Å²) in [6.07, 6.45) is 1.93. The number of anilines is 1. The number of fused-ring (bicyclic) bond motifs is 1. The van der Waals surface area contributed by atoms with E-state index in [0.717, 1.165) is 59.4 Å². The van der Waals surface area contributed by atoms with Crippen molar-refractivity contribution < 1.29 is 14.0 Å². The third kappa shape index (κ3) is 5.44. The molecule has 0 saturated heterocycles. The Hall–Kier alpha value is -4.45. The first kappa shape index (κ1) is 25.2. The molecule has 0 aromatic heterocycles. The van der Waals surface area contributed by atoms with Gasteiger partial charge in [-0.2, -0.15) is 0 Å². The van der Waals surface area contributed by atoms with Crippen LogP contribution in [0.5, 0.6) is 0 Å². The van der Waals surface area contributed by atoms with Crippen molar-refractivity contribution >= 4 is 17.5 Å². The van der Waals surface area contributed by atoms with E-state index in [1.807, 2.05) is 55.5 Å². The van der Waals surface area contributed by atoms with E-state index in [1.165, 1.54) is 12.1 Å². The Morgan fingerprint density at radius 1 is 0.974 bits per heavy atom. The van der Waals surface area contributed by atoms with Crippen molar-refractivity contribution in [3.63, 3.8) is 0 Å². The maximum absolute atomic E-state index is 13.2. The smallest absolute Gasteiger partial charge is 0.251 e. The van der Waals surface area contributed by atoms with Crippen LogP contribution in [-0.4, -0.2) is 18.4 Å². The number of carbonyl (C=O) groups excluding carboxylic acids is 2. The lowest BCUT2D eigenvalue weighted by molar-refractivity contribution is 0.0938. The molecule has 0 bridgehead atoms. The molecule has 1 aliphatic rings. The summed E-state index contributed by atoms with van der Waals surface area (Å²) in [6, 6.07) is 27.4. The Labute approximate surface area is 222 Å². The first-order valence-electron chi connectivity index (χ1n) is 12.8. The number of benzene rings is 4. The number of halogens is 1. The van der Waals surface area contributed by atoms with Gasteiger partial charge in [-0.25, -0.2) is 4.39 Å². The lowest BCUT2D eigenvalue weighted by Crippen LogP contribution is -2.30. The van der Waals surface area contributed by atoms with E-state index in [-0.39, 0.29) is 17.8 Å². The van der Waals surface area contributed by atoms with E-state index in [0.29, 0.717) is 11.1 Å². The van der Waals surface area contributed by atoms with Gasteiger partial charge in [0.2, 0.25) is 5.91 Å². The van der Waals surface area contributed by atoms with E-state index in [2.05, 4.69) is 22.3 Å². The average Bonchev–Trinajstić information content (AvgIpc) is 2.93. The van der Waals surface area contributed by atoms with Crippen LogP contribution in [0.3, 0.4) is 0 Å². The number of carbonyl (C=O) groups is 2. The van der Waals surface area contributed by atoms with E-state index in [1.54, 1.807) is 18.2 Å². The van der Waals surface area contributed by atoms with Gasteiger partial charge in [-0.05, 0) is 84.0 Å². The molecule has 4 aromatic carbocycles. The fourth-order valence-corrected chi connectivity index (χ4v) is 5.06. The third-order valence-electron chi connectivity index (χ3n) is 7.11. The molecule has 1 atom stereocenters. The second kappa shape index (κ2) is 10.9. The summed E-state index contributed by atoms with van der Waals surface area (Å²) in [5.41, 5.74) is 12.8. The summed E-state index contributed by atoms with van der Waals surface area (Å²) in [5.74, 6) is -0.878. The second-order valence-corrected chi connectivity index (χ2v) is 9.72. The van der Waals surface area contributed by atoms with Crippen molar-refractivity contribution in [2.24, 2.45) is 5.73 Å². The van der Waals surface area contributed by atoms with E-state index in [9.17, 15) is 14.0 Å². The Kier molecular flexibility index (Phi) is 7.22. The molecule has 38 heavy (non-hydrogen) atoms. The van der Waals surface area contributed by atoms with E-state index < -0.39 is 5.91 Å². The summed E-state index contributed by atoms with van der Waals surface area (Å²) in [4.78, 5) is 27.1. The zero-order valence-corrected chi connectivity index (χ0v) is 21.3. The maximum atomic E-state index is 13.2. The number of nitrogens with one attached hydrogen (secondary N) is 1. The molecule has 0 aliphatic carbocycles. The Morgan fingerprint density at radius 2 is 1.71 bits per heavy atom. The predicted octanol–water partition coefficient (Wildman–Crippen LogP) is 6.04. The number of primary amides is 1. The zero-order chi connectivity index (χ0) is 26.6. The monoisotopic (exact) mass is 507 g/mol. The first-order valence-corrected chi connectivity index (χ1v) is 12.8. The van der Waals surface area contributed by atoms with Gasteiger partial charge in [0.15, 0.2) is 0 Å². The van der Waals surface area contributed by atoms with Crippen LogP contribution in [-0.2, 0) is 13.0 Å². The highest BCUT2D eigenvalue weighted by Gasteiger charge is 2.20.